The number of carbonyl (C=O) groups excluding carboxylic acids is 3. The van der Waals surface area contributed by atoms with Gasteiger partial charge in [-0.2, -0.15) is 5.10 Å². The molecule has 0 atom stereocenters. The summed E-state index contributed by atoms with van der Waals surface area (Å²) in [4.78, 5) is 36.6. The van der Waals surface area contributed by atoms with Crippen LogP contribution in [-0.2, 0) is 4.79 Å². The Morgan fingerprint density at radius 3 is 2.28 bits per heavy atom. The fourth-order valence-corrected chi connectivity index (χ4v) is 2.95. The Morgan fingerprint density at radius 2 is 1.58 bits per heavy atom. The summed E-state index contributed by atoms with van der Waals surface area (Å²) in [6.45, 7) is 2.37. The highest BCUT2D eigenvalue weighted by Gasteiger charge is 2.10. The van der Waals surface area contributed by atoms with Crippen molar-refractivity contribution in [2.75, 3.05) is 20.3 Å². The number of methoxy groups -OCH3 is 1. The number of amides is 2. The largest absolute Gasteiger partial charge is 0.497 e. The molecule has 3 aromatic carbocycles. The zero-order chi connectivity index (χ0) is 25.8. The molecule has 0 heterocycles. The van der Waals surface area contributed by atoms with E-state index in [-0.39, 0.29) is 12.5 Å². The molecular weight excluding hydrogens is 462 g/mol. The van der Waals surface area contributed by atoms with Gasteiger partial charge >= 0.3 is 5.97 Å². The predicted molar refractivity (Wildman–Crippen MR) is 135 cm³/mol. The first-order valence-corrected chi connectivity index (χ1v) is 11.3. The number of hydrazone groups is 1. The van der Waals surface area contributed by atoms with Crippen molar-refractivity contribution >= 4 is 24.0 Å². The van der Waals surface area contributed by atoms with Crippen molar-refractivity contribution in [2.24, 2.45) is 5.10 Å². The number of rotatable bonds is 11. The standard InChI is InChI=1S/C27H27N3O6/c1-3-15-35-23-13-7-20(8-14-23)26(32)28-18-25(31)30-29-17-19-5-4-6-24(16-19)36-27(33)21-9-11-22(34-2)12-10-21/h4-14,16-17H,3,15,18H2,1-2H3,(H,28,32)(H,30,31)/b29-17+. The molecule has 0 bridgehead atoms. The van der Waals surface area contributed by atoms with E-state index in [2.05, 4.69) is 15.8 Å². The van der Waals surface area contributed by atoms with E-state index < -0.39 is 11.9 Å². The minimum atomic E-state index is -0.515. The molecule has 9 nitrogen and oxygen atoms in total. The molecular formula is C27H27N3O6. The van der Waals surface area contributed by atoms with E-state index in [9.17, 15) is 14.4 Å². The predicted octanol–water partition coefficient (Wildman–Crippen LogP) is 3.58. The SMILES string of the molecule is CCCOc1ccc(C(=O)NCC(=O)N/N=C/c2cccc(OC(=O)c3ccc(OC)cc3)c2)cc1. The molecule has 0 aliphatic rings. The second-order valence-electron chi connectivity index (χ2n) is 7.54. The molecule has 2 amide bonds. The first-order valence-electron chi connectivity index (χ1n) is 11.3. The Balaban J connectivity index is 1.46. The highest BCUT2D eigenvalue weighted by Crippen LogP contribution is 2.17. The Bertz CT molecular complexity index is 1210. The van der Waals surface area contributed by atoms with Crippen LogP contribution in [0.5, 0.6) is 17.2 Å². The van der Waals surface area contributed by atoms with Crippen molar-refractivity contribution in [3.8, 4) is 17.2 Å². The van der Waals surface area contributed by atoms with Gasteiger partial charge in [-0.15, -0.1) is 0 Å². The molecule has 0 spiro atoms. The van der Waals surface area contributed by atoms with Crippen molar-refractivity contribution in [3.05, 3.63) is 89.5 Å². The van der Waals surface area contributed by atoms with Crippen molar-refractivity contribution in [1.82, 2.24) is 10.7 Å². The molecule has 0 radical (unpaired) electrons. The number of carbonyl (C=O) groups is 3. The van der Waals surface area contributed by atoms with Crippen LogP contribution >= 0.6 is 0 Å². The highest BCUT2D eigenvalue weighted by atomic mass is 16.5. The molecule has 0 aliphatic carbocycles. The second-order valence-corrected chi connectivity index (χ2v) is 7.54. The zero-order valence-electron chi connectivity index (χ0n) is 20.0. The lowest BCUT2D eigenvalue weighted by Crippen LogP contribution is -2.34. The van der Waals surface area contributed by atoms with Crippen LogP contribution in [0.15, 0.2) is 77.9 Å². The van der Waals surface area contributed by atoms with E-state index in [1.54, 1.807) is 79.9 Å². The van der Waals surface area contributed by atoms with Crippen molar-refractivity contribution in [3.63, 3.8) is 0 Å². The van der Waals surface area contributed by atoms with E-state index in [0.717, 1.165) is 6.42 Å². The maximum Gasteiger partial charge on any atom is 0.343 e. The van der Waals surface area contributed by atoms with Gasteiger partial charge in [0.15, 0.2) is 0 Å². The Kier molecular flexibility index (Phi) is 9.58. The van der Waals surface area contributed by atoms with Gasteiger partial charge < -0.3 is 19.5 Å². The molecule has 0 saturated carbocycles. The normalized spacial score (nSPS) is 10.5. The van der Waals surface area contributed by atoms with Crippen LogP contribution in [-0.4, -0.2) is 44.3 Å². The molecule has 2 N–H and O–H groups in total. The second kappa shape index (κ2) is 13.3. The van der Waals surface area contributed by atoms with Crippen molar-refractivity contribution in [1.29, 1.82) is 0 Å². The van der Waals surface area contributed by atoms with E-state index in [4.69, 9.17) is 14.2 Å². The number of ether oxygens (including phenoxy) is 3. The van der Waals surface area contributed by atoms with E-state index in [1.165, 1.54) is 6.21 Å². The molecule has 0 unspecified atom stereocenters. The number of nitrogens with one attached hydrogen (secondary N) is 2. The molecule has 9 heteroatoms. The van der Waals surface area contributed by atoms with Gasteiger partial charge in [0.2, 0.25) is 0 Å². The number of esters is 1. The molecule has 0 aliphatic heterocycles. The van der Waals surface area contributed by atoms with Crippen LogP contribution in [0.3, 0.4) is 0 Å². The third-order valence-electron chi connectivity index (χ3n) is 4.80. The summed E-state index contributed by atoms with van der Waals surface area (Å²) in [5.41, 5.74) is 3.74. The van der Waals surface area contributed by atoms with Crippen LogP contribution in [0.1, 0.15) is 39.6 Å². The Labute approximate surface area is 209 Å². The zero-order valence-corrected chi connectivity index (χ0v) is 20.0. The highest BCUT2D eigenvalue weighted by molar-refractivity contribution is 5.96. The summed E-state index contributed by atoms with van der Waals surface area (Å²) in [6, 6.07) is 19.9. The lowest BCUT2D eigenvalue weighted by Gasteiger charge is -2.07. The van der Waals surface area contributed by atoms with E-state index in [0.29, 0.717) is 40.5 Å². The van der Waals surface area contributed by atoms with E-state index in [1.807, 2.05) is 6.92 Å². The summed E-state index contributed by atoms with van der Waals surface area (Å²) in [5, 5.41) is 6.42. The van der Waals surface area contributed by atoms with Gasteiger partial charge in [-0.05, 0) is 72.6 Å². The van der Waals surface area contributed by atoms with Crippen LogP contribution < -0.4 is 25.0 Å². The number of nitrogens with zero attached hydrogens (tertiary/aromatic N) is 1. The van der Waals surface area contributed by atoms with Crippen molar-refractivity contribution in [2.45, 2.75) is 13.3 Å². The average Bonchev–Trinajstić information content (AvgIpc) is 2.91. The minimum Gasteiger partial charge on any atom is -0.497 e. The topological polar surface area (TPSA) is 115 Å². The average molecular weight is 490 g/mol. The third kappa shape index (κ3) is 7.98. The maximum atomic E-state index is 12.3. The summed E-state index contributed by atoms with van der Waals surface area (Å²) < 4.78 is 16.0. The van der Waals surface area contributed by atoms with Crippen LogP contribution in [0.25, 0.3) is 0 Å². The van der Waals surface area contributed by atoms with Gasteiger partial charge in [0.25, 0.3) is 11.8 Å². The Hall–Kier alpha value is -4.66. The minimum absolute atomic E-state index is 0.246. The molecule has 0 aromatic heterocycles. The summed E-state index contributed by atoms with van der Waals surface area (Å²) in [5.74, 6) is 0.244. The van der Waals surface area contributed by atoms with Gasteiger partial charge in [-0.3, -0.25) is 9.59 Å². The first-order chi connectivity index (χ1) is 17.5. The fourth-order valence-electron chi connectivity index (χ4n) is 2.95. The molecule has 0 saturated heterocycles. The smallest absolute Gasteiger partial charge is 0.343 e. The van der Waals surface area contributed by atoms with Gasteiger partial charge in [0, 0.05) is 5.56 Å². The molecule has 3 aromatic rings. The summed E-state index contributed by atoms with van der Waals surface area (Å²) >= 11 is 0. The molecule has 186 valence electrons. The van der Waals surface area contributed by atoms with Crippen LogP contribution in [0.4, 0.5) is 0 Å². The Morgan fingerprint density at radius 1 is 0.889 bits per heavy atom. The molecule has 36 heavy (non-hydrogen) atoms. The number of benzene rings is 3. The number of hydrogen-bond acceptors (Lipinski definition) is 7. The summed E-state index contributed by atoms with van der Waals surface area (Å²) in [6.07, 6.45) is 2.29. The van der Waals surface area contributed by atoms with Gasteiger partial charge in [-0.25, -0.2) is 10.2 Å². The molecule has 3 rings (SSSR count). The molecule has 0 fully saturated rings. The fraction of sp³-hybridized carbons (Fsp3) is 0.185. The first kappa shape index (κ1) is 26.0. The van der Waals surface area contributed by atoms with Gasteiger partial charge in [-0.1, -0.05) is 19.1 Å². The number of hydrogen-bond donors (Lipinski definition) is 2. The van der Waals surface area contributed by atoms with Crippen molar-refractivity contribution < 1.29 is 28.6 Å². The van der Waals surface area contributed by atoms with E-state index >= 15 is 0 Å². The van der Waals surface area contributed by atoms with Crippen LogP contribution in [0.2, 0.25) is 0 Å². The maximum absolute atomic E-state index is 12.3. The van der Waals surface area contributed by atoms with Gasteiger partial charge in [0.1, 0.15) is 17.2 Å². The van der Waals surface area contributed by atoms with Crippen LogP contribution in [0, 0.1) is 0 Å². The lowest BCUT2D eigenvalue weighted by molar-refractivity contribution is -0.120. The third-order valence-corrected chi connectivity index (χ3v) is 4.80. The monoisotopic (exact) mass is 489 g/mol. The van der Waals surface area contributed by atoms with Gasteiger partial charge in [0.05, 0.1) is 32.0 Å². The quantitative estimate of drug-likeness (QED) is 0.184. The summed E-state index contributed by atoms with van der Waals surface area (Å²) in [7, 11) is 1.54. The lowest BCUT2D eigenvalue weighted by atomic mass is 10.2.